The first kappa shape index (κ1) is 13.4. The van der Waals surface area contributed by atoms with Crippen molar-refractivity contribution in [1.82, 2.24) is 0 Å². The summed E-state index contributed by atoms with van der Waals surface area (Å²) in [6.07, 6.45) is 11.0. The highest BCUT2D eigenvalue weighted by molar-refractivity contribution is 4.93. The van der Waals surface area contributed by atoms with Gasteiger partial charge in [0.1, 0.15) is 0 Å². The third kappa shape index (κ3) is 3.24. The number of aliphatic hydroxyl groups is 1. The van der Waals surface area contributed by atoms with Crippen LogP contribution in [0.1, 0.15) is 78.6 Å². The Labute approximate surface area is 107 Å². The molecule has 0 aromatic carbocycles. The summed E-state index contributed by atoms with van der Waals surface area (Å²) in [5.74, 6) is 1.48. The molecule has 0 aliphatic heterocycles. The zero-order chi connectivity index (χ0) is 12.5. The van der Waals surface area contributed by atoms with Crippen LogP contribution < -0.4 is 0 Å². The molecule has 0 aromatic rings. The van der Waals surface area contributed by atoms with E-state index in [9.17, 15) is 5.11 Å². The fraction of sp³-hybridized carbons (Fsp3) is 1.00. The smallest absolute Gasteiger partial charge is 0.0676 e. The van der Waals surface area contributed by atoms with Gasteiger partial charge < -0.3 is 5.11 Å². The van der Waals surface area contributed by atoms with Crippen molar-refractivity contribution >= 4 is 0 Å². The van der Waals surface area contributed by atoms with Crippen LogP contribution in [0.5, 0.6) is 0 Å². The predicted molar refractivity (Wildman–Crippen MR) is 72.9 cm³/mol. The second kappa shape index (κ2) is 4.91. The monoisotopic (exact) mass is 238 g/mol. The van der Waals surface area contributed by atoms with Crippen molar-refractivity contribution in [1.29, 1.82) is 0 Å². The molecule has 2 aliphatic carbocycles. The second-order valence-electron chi connectivity index (χ2n) is 7.58. The summed E-state index contributed by atoms with van der Waals surface area (Å²) in [6, 6.07) is 0. The van der Waals surface area contributed by atoms with Crippen molar-refractivity contribution in [3.63, 3.8) is 0 Å². The minimum Gasteiger partial charge on any atom is -0.390 e. The fourth-order valence-corrected chi connectivity index (χ4v) is 3.88. The lowest BCUT2D eigenvalue weighted by Crippen LogP contribution is -2.39. The van der Waals surface area contributed by atoms with Gasteiger partial charge in [0.05, 0.1) is 5.60 Å². The van der Waals surface area contributed by atoms with Gasteiger partial charge in [-0.25, -0.2) is 0 Å². The molecule has 0 aromatic heterocycles. The SMILES string of the molecule is CC1CCC(C2(O)CCCC(C)(C)CC2)CC1. The molecular formula is C16H30O. The van der Waals surface area contributed by atoms with Gasteiger partial charge in [0.15, 0.2) is 0 Å². The second-order valence-corrected chi connectivity index (χ2v) is 7.58. The van der Waals surface area contributed by atoms with Crippen LogP contribution in [0.2, 0.25) is 0 Å². The van der Waals surface area contributed by atoms with Crippen molar-refractivity contribution in [2.24, 2.45) is 17.3 Å². The van der Waals surface area contributed by atoms with Crippen LogP contribution in [0.4, 0.5) is 0 Å². The van der Waals surface area contributed by atoms with Crippen molar-refractivity contribution in [3.8, 4) is 0 Å². The zero-order valence-electron chi connectivity index (χ0n) is 12.0. The normalized spacial score (nSPS) is 43.1. The van der Waals surface area contributed by atoms with Crippen LogP contribution >= 0.6 is 0 Å². The largest absolute Gasteiger partial charge is 0.390 e. The van der Waals surface area contributed by atoms with E-state index in [2.05, 4.69) is 20.8 Å². The van der Waals surface area contributed by atoms with E-state index >= 15 is 0 Å². The van der Waals surface area contributed by atoms with Crippen LogP contribution in [-0.4, -0.2) is 10.7 Å². The molecule has 1 N–H and O–H groups in total. The van der Waals surface area contributed by atoms with Crippen LogP contribution in [0.15, 0.2) is 0 Å². The molecule has 100 valence electrons. The lowest BCUT2D eigenvalue weighted by Gasteiger charge is -2.40. The van der Waals surface area contributed by atoms with Gasteiger partial charge in [-0.1, -0.05) is 40.0 Å². The minimum atomic E-state index is -0.325. The fourth-order valence-electron chi connectivity index (χ4n) is 3.88. The van der Waals surface area contributed by atoms with E-state index in [1.807, 2.05) is 0 Å². The highest BCUT2D eigenvalue weighted by Crippen LogP contribution is 2.45. The average molecular weight is 238 g/mol. The minimum absolute atomic E-state index is 0.325. The Morgan fingerprint density at radius 3 is 2.18 bits per heavy atom. The lowest BCUT2D eigenvalue weighted by atomic mass is 9.70. The maximum Gasteiger partial charge on any atom is 0.0676 e. The Bertz CT molecular complexity index is 250. The molecule has 1 heteroatoms. The summed E-state index contributed by atoms with van der Waals surface area (Å²) >= 11 is 0. The molecule has 0 amide bonds. The molecule has 0 bridgehead atoms. The summed E-state index contributed by atoms with van der Waals surface area (Å²) < 4.78 is 0. The van der Waals surface area contributed by atoms with Gasteiger partial charge in [-0.05, 0) is 55.8 Å². The van der Waals surface area contributed by atoms with Gasteiger partial charge in [0.25, 0.3) is 0 Å². The molecule has 2 rings (SSSR count). The van der Waals surface area contributed by atoms with Crippen LogP contribution in [0, 0.1) is 17.3 Å². The Kier molecular flexibility index (Phi) is 3.87. The molecule has 2 fully saturated rings. The molecule has 1 nitrogen and oxygen atoms in total. The van der Waals surface area contributed by atoms with E-state index in [-0.39, 0.29) is 5.60 Å². The summed E-state index contributed by atoms with van der Waals surface area (Å²) in [4.78, 5) is 0. The molecule has 2 aliphatic rings. The van der Waals surface area contributed by atoms with Gasteiger partial charge >= 0.3 is 0 Å². The predicted octanol–water partition coefficient (Wildman–Crippen LogP) is 4.53. The van der Waals surface area contributed by atoms with E-state index in [1.165, 1.54) is 44.9 Å². The maximum absolute atomic E-state index is 11.0. The Balaban J connectivity index is 1.98. The number of hydrogen-bond acceptors (Lipinski definition) is 1. The summed E-state index contributed by atoms with van der Waals surface area (Å²) in [5.41, 5.74) is 0.125. The van der Waals surface area contributed by atoms with E-state index < -0.39 is 0 Å². The Morgan fingerprint density at radius 1 is 0.882 bits per heavy atom. The molecule has 0 radical (unpaired) electrons. The Morgan fingerprint density at radius 2 is 1.53 bits per heavy atom. The van der Waals surface area contributed by atoms with Gasteiger partial charge in [-0.2, -0.15) is 0 Å². The van der Waals surface area contributed by atoms with Gasteiger partial charge in [-0.3, -0.25) is 0 Å². The Hall–Kier alpha value is -0.0400. The van der Waals surface area contributed by atoms with Crippen molar-refractivity contribution < 1.29 is 5.11 Å². The number of rotatable bonds is 1. The summed E-state index contributed by atoms with van der Waals surface area (Å²) in [5, 5.41) is 11.0. The van der Waals surface area contributed by atoms with Crippen molar-refractivity contribution in [2.75, 3.05) is 0 Å². The maximum atomic E-state index is 11.0. The molecule has 2 saturated carbocycles. The van der Waals surface area contributed by atoms with Gasteiger partial charge in [0, 0.05) is 0 Å². The van der Waals surface area contributed by atoms with E-state index in [4.69, 9.17) is 0 Å². The van der Waals surface area contributed by atoms with E-state index in [1.54, 1.807) is 0 Å². The third-order valence-electron chi connectivity index (χ3n) is 5.47. The first-order chi connectivity index (χ1) is 7.91. The van der Waals surface area contributed by atoms with Crippen molar-refractivity contribution in [2.45, 2.75) is 84.2 Å². The molecule has 1 atom stereocenters. The van der Waals surface area contributed by atoms with Crippen LogP contribution in [0.3, 0.4) is 0 Å². The summed E-state index contributed by atoms with van der Waals surface area (Å²) in [7, 11) is 0. The first-order valence-electron chi connectivity index (χ1n) is 7.64. The van der Waals surface area contributed by atoms with Crippen LogP contribution in [0.25, 0.3) is 0 Å². The zero-order valence-corrected chi connectivity index (χ0v) is 12.0. The lowest BCUT2D eigenvalue weighted by molar-refractivity contribution is -0.0509. The average Bonchev–Trinajstić information content (AvgIpc) is 2.40. The standard InChI is InChI=1S/C16H30O/c1-13-5-7-14(8-6-13)16(17)10-4-9-15(2,3)11-12-16/h13-14,17H,4-12H2,1-3H3. The van der Waals surface area contributed by atoms with E-state index in [0.29, 0.717) is 11.3 Å². The van der Waals surface area contributed by atoms with E-state index in [0.717, 1.165) is 18.8 Å². The van der Waals surface area contributed by atoms with Gasteiger partial charge in [0.2, 0.25) is 0 Å². The number of hydrogen-bond donors (Lipinski definition) is 1. The van der Waals surface area contributed by atoms with Crippen LogP contribution in [-0.2, 0) is 0 Å². The molecular weight excluding hydrogens is 208 g/mol. The first-order valence-corrected chi connectivity index (χ1v) is 7.64. The quantitative estimate of drug-likeness (QED) is 0.665. The summed E-state index contributed by atoms with van der Waals surface area (Å²) in [6.45, 7) is 7.08. The topological polar surface area (TPSA) is 20.2 Å². The molecule has 0 saturated heterocycles. The highest BCUT2D eigenvalue weighted by atomic mass is 16.3. The van der Waals surface area contributed by atoms with Gasteiger partial charge in [-0.15, -0.1) is 0 Å². The van der Waals surface area contributed by atoms with Crippen molar-refractivity contribution in [3.05, 3.63) is 0 Å². The third-order valence-corrected chi connectivity index (χ3v) is 5.47. The molecule has 0 heterocycles. The molecule has 1 unspecified atom stereocenters. The highest BCUT2D eigenvalue weighted by Gasteiger charge is 2.40. The molecule has 0 spiro atoms. The molecule has 17 heavy (non-hydrogen) atoms.